The molecule has 1 fully saturated rings. The number of benzene rings is 2. The van der Waals surface area contributed by atoms with E-state index in [2.05, 4.69) is 34.5 Å². The SMILES string of the molecule is CN(C)C(=O)CNC(=O)c1cccc(-c2ccc(CN3CCCCC3)cc2)c1. The van der Waals surface area contributed by atoms with E-state index in [1.807, 2.05) is 18.2 Å². The number of hydrogen-bond donors (Lipinski definition) is 1. The van der Waals surface area contributed by atoms with Crippen LogP contribution in [-0.4, -0.2) is 55.3 Å². The van der Waals surface area contributed by atoms with Gasteiger partial charge in [0.15, 0.2) is 0 Å². The summed E-state index contributed by atoms with van der Waals surface area (Å²) in [6.07, 6.45) is 3.95. The lowest BCUT2D eigenvalue weighted by Crippen LogP contribution is -2.36. The topological polar surface area (TPSA) is 52.7 Å². The predicted octanol–water partition coefficient (Wildman–Crippen LogP) is 3.16. The lowest BCUT2D eigenvalue weighted by atomic mass is 10.0. The highest BCUT2D eigenvalue weighted by atomic mass is 16.2. The molecular weight excluding hydrogens is 350 g/mol. The van der Waals surface area contributed by atoms with E-state index in [-0.39, 0.29) is 18.4 Å². The average Bonchev–Trinajstić information content (AvgIpc) is 2.73. The van der Waals surface area contributed by atoms with Crippen LogP contribution >= 0.6 is 0 Å². The Labute approximate surface area is 167 Å². The zero-order valence-corrected chi connectivity index (χ0v) is 16.8. The van der Waals surface area contributed by atoms with E-state index in [1.54, 1.807) is 20.2 Å². The lowest BCUT2D eigenvalue weighted by Gasteiger charge is -2.26. The summed E-state index contributed by atoms with van der Waals surface area (Å²) in [7, 11) is 3.34. The molecule has 0 aliphatic carbocycles. The quantitative estimate of drug-likeness (QED) is 0.839. The second-order valence-electron chi connectivity index (χ2n) is 7.59. The monoisotopic (exact) mass is 379 g/mol. The van der Waals surface area contributed by atoms with Crippen molar-refractivity contribution in [2.45, 2.75) is 25.8 Å². The molecule has 0 saturated carbocycles. The number of likely N-dealkylation sites (tertiary alicyclic amines) is 1. The Kier molecular flexibility index (Phi) is 6.82. The predicted molar refractivity (Wildman–Crippen MR) is 112 cm³/mol. The molecule has 1 N–H and O–H groups in total. The van der Waals surface area contributed by atoms with Crippen molar-refractivity contribution in [3.8, 4) is 11.1 Å². The summed E-state index contributed by atoms with van der Waals surface area (Å²) < 4.78 is 0. The lowest BCUT2D eigenvalue weighted by molar-refractivity contribution is -0.127. The van der Waals surface area contributed by atoms with Gasteiger partial charge in [0.1, 0.15) is 0 Å². The van der Waals surface area contributed by atoms with Crippen molar-refractivity contribution in [2.24, 2.45) is 0 Å². The van der Waals surface area contributed by atoms with Gasteiger partial charge in [-0.15, -0.1) is 0 Å². The van der Waals surface area contributed by atoms with Gasteiger partial charge in [-0.3, -0.25) is 14.5 Å². The summed E-state index contributed by atoms with van der Waals surface area (Å²) in [6, 6.07) is 16.1. The first-order valence-corrected chi connectivity index (χ1v) is 9.93. The van der Waals surface area contributed by atoms with Gasteiger partial charge in [-0.1, -0.05) is 42.8 Å². The highest BCUT2D eigenvalue weighted by Gasteiger charge is 2.12. The molecule has 28 heavy (non-hydrogen) atoms. The van der Waals surface area contributed by atoms with Gasteiger partial charge in [-0.2, -0.15) is 0 Å². The molecule has 1 aliphatic rings. The van der Waals surface area contributed by atoms with Crippen molar-refractivity contribution in [1.29, 1.82) is 0 Å². The van der Waals surface area contributed by atoms with Gasteiger partial charge in [0.25, 0.3) is 5.91 Å². The average molecular weight is 380 g/mol. The molecule has 0 unspecified atom stereocenters. The van der Waals surface area contributed by atoms with E-state index < -0.39 is 0 Å². The molecule has 148 valence electrons. The van der Waals surface area contributed by atoms with Crippen LogP contribution in [0.4, 0.5) is 0 Å². The van der Waals surface area contributed by atoms with Crippen molar-refractivity contribution in [2.75, 3.05) is 33.7 Å². The van der Waals surface area contributed by atoms with E-state index in [1.165, 1.54) is 42.8 Å². The maximum atomic E-state index is 12.3. The second kappa shape index (κ2) is 9.51. The van der Waals surface area contributed by atoms with Crippen molar-refractivity contribution in [3.63, 3.8) is 0 Å². The molecule has 5 heteroatoms. The third-order valence-corrected chi connectivity index (χ3v) is 5.17. The number of amides is 2. The largest absolute Gasteiger partial charge is 0.347 e. The normalized spacial score (nSPS) is 14.5. The van der Waals surface area contributed by atoms with Crippen LogP contribution in [0.25, 0.3) is 11.1 Å². The Hall–Kier alpha value is -2.66. The number of hydrogen-bond acceptors (Lipinski definition) is 3. The molecule has 5 nitrogen and oxygen atoms in total. The minimum atomic E-state index is -0.237. The summed E-state index contributed by atoms with van der Waals surface area (Å²) in [5.74, 6) is -0.368. The zero-order valence-electron chi connectivity index (χ0n) is 16.8. The number of carbonyl (C=O) groups excluding carboxylic acids is 2. The Morgan fingerprint density at radius 1 is 0.964 bits per heavy atom. The smallest absolute Gasteiger partial charge is 0.251 e. The van der Waals surface area contributed by atoms with Crippen LogP contribution < -0.4 is 5.32 Å². The molecule has 0 radical (unpaired) electrons. The van der Waals surface area contributed by atoms with E-state index in [0.717, 1.165) is 17.7 Å². The molecule has 0 atom stereocenters. The van der Waals surface area contributed by atoms with Gasteiger partial charge in [-0.05, 0) is 54.8 Å². The van der Waals surface area contributed by atoms with Gasteiger partial charge in [0.05, 0.1) is 6.54 Å². The molecule has 2 aromatic carbocycles. The van der Waals surface area contributed by atoms with Crippen molar-refractivity contribution in [3.05, 3.63) is 59.7 Å². The van der Waals surface area contributed by atoms with Crippen LogP contribution in [0.15, 0.2) is 48.5 Å². The van der Waals surface area contributed by atoms with Gasteiger partial charge >= 0.3 is 0 Å². The van der Waals surface area contributed by atoms with Crippen LogP contribution in [-0.2, 0) is 11.3 Å². The third-order valence-electron chi connectivity index (χ3n) is 5.17. The van der Waals surface area contributed by atoms with Crippen LogP contribution in [0.2, 0.25) is 0 Å². The Morgan fingerprint density at radius 3 is 2.36 bits per heavy atom. The first kappa shape index (κ1) is 20.1. The maximum absolute atomic E-state index is 12.3. The number of nitrogens with one attached hydrogen (secondary N) is 1. The molecule has 1 aliphatic heterocycles. The molecule has 2 aromatic rings. The Balaban J connectivity index is 1.64. The van der Waals surface area contributed by atoms with Crippen molar-refractivity contribution >= 4 is 11.8 Å². The van der Waals surface area contributed by atoms with E-state index in [9.17, 15) is 9.59 Å². The first-order valence-electron chi connectivity index (χ1n) is 9.93. The highest BCUT2D eigenvalue weighted by Crippen LogP contribution is 2.22. The van der Waals surface area contributed by atoms with Gasteiger partial charge in [0, 0.05) is 26.2 Å². The molecule has 3 rings (SSSR count). The summed E-state index contributed by atoms with van der Waals surface area (Å²) in [5.41, 5.74) is 3.96. The highest BCUT2D eigenvalue weighted by molar-refractivity contribution is 5.97. The molecule has 1 heterocycles. The van der Waals surface area contributed by atoms with Crippen LogP contribution in [0, 0.1) is 0 Å². The van der Waals surface area contributed by atoms with E-state index in [0.29, 0.717) is 5.56 Å². The minimum absolute atomic E-state index is 0.00125. The Morgan fingerprint density at radius 2 is 1.68 bits per heavy atom. The molecule has 1 saturated heterocycles. The number of likely N-dealkylation sites (N-methyl/N-ethyl adjacent to an activating group) is 1. The van der Waals surface area contributed by atoms with Gasteiger partial charge in [0.2, 0.25) is 5.91 Å². The number of carbonyl (C=O) groups is 2. The summed E-state index contributed by atoms with van der Waals surface area (Å²) >= 11 is 0. The Bertz CT molecular complexity index is 809. The molecule has 2 amide bonds. The van der Waals surface area contributed by atoms with E-state index >= 15 is 0 Å². The fourth-order valence-corrected chi connectivity index (χ4v) is 3.43. The minimum Gasteiger partial charge on any atom is -0.347 e. The first-order chi connectivity index (χ1) is 13.5. The second-order valence-corrected chi connectivity index (χ2v) is 7.59. The van der Waals surface area contributed by atoms with Gasteiger partial charge < -0.3 is 10.2 Å². The molecule has 0 spiro atoms. The fourth-order valence-electron chi connectivity index (χ4n) is 3.43. The molecular formula is C23H29N3O2. The third kappa shape index (κ3) is 5.42. The van der Waals surface area contributed by atoms with Crippen molar-refractivity contribution < 1.29 is 9.59 Å². The molecule has 0 bridgehead atoms. The number of nitrogens with zero attached hydrogens (tertiary/aromatic N) is 2. The summed E-state index contributed by atoms with van der Waals surface area (Å²) in [6.45, 7) is 3.38. The zero-order chi connectivity index (χ0) is 19.9. The maximum Gasteiger partial charge on any atom is 0.251 e. The number of piperidine rings is 1. The standard InChI is InChI=1S/C23H29N3O2/c1-25(2)22(27)16-24-23(28)21-8-6-7-20(15-21)19-11-9-18(10-12-19)17-26-13-4-3-5-14-26/h6-12,15H,3-5,13-14,16-17H2,1-2H3,(H,24,28). The van der Waals surface area contributed by atoms with Gasteiger partial charge in [-0.25, -0.2) is 0 Å². The van der Waals surface area contributed by atoms with Crippen LogP contribution in [0.3, 0.4) is 0 Å². The van der Waals surface area contributed by atoms with Crippen LogP contribution in [0.1, 0.15) is 35.2 Å². The fraction of sp³-hybridized carbons (Fsp3) is 0.391. The summed E-state index contributed by atoms with van der Waals surface area (Å²) in [4.78, 5) is 28.0. The number of rotatable bonds is 6. The van der Waals surface area contributed by atoms with Crippen LogP contribution in [0.5, 0.6) is 0 Å². The van der Waals surface area contributed by atoms with Crippen molar-refractivity contribution in [1.82, 2.24) is 15.1 Å². The molecule has 0 aromatic heterocycles. The summed E-state index contributed by atoms with van der Waals surface area (Å²) in [5, 5.41) is 2.68. The van der Waals surface area contributed by atoms with E-state index in [4.69, 9.17) is 0 Å².